The van der Waals surface area contributed by atoms with Crippen LogP contribution < -0.4 is 15.0 Å². The molecule has 6 nitrogen and oxygen atoms in total. The number of hydrogen-bond acceptors (Lipinski definition) is 3. The molecular formula is C15H22N2O4. The second-order valence-corrected chi connectivity index (χ2v) is 5.20. The van der Waals surface area contributed by atoms with Gasteiger partial charge in [0, 0.05) is 7.05 Å². The fraction of sp³-hybridized carbons (Fsp3) is 0.467. The largest absolute Gasteiger partial charge is 0.495 e. The van der Waals surface area contributed by atoms with Gasteiger partial charge in [-0.25, -0.2) is 9.59 Å². The summed E-state index contributed by atoms with van der Waals surface area (Å²) in [5.74, 6) is -0.320. The minimum absolute atomic E-state index is 0.169. The zero-order valence-electron chi connectivity index (χ0n) is 12.8. The summed E-state index contributed by atoms with van der Waals surface area (Å²) >= 11 is 0. The van der Waals surface area contributed by atoms with Crippen LogP contribution in [0.25, 0.3) is 0 Å². The molecule has 2 N–H and O–H groups in total. The van der Waals surface area contributed by atoms with Crippen molar-refractivity contribution in [3.63, 3.8) is 0 Å². The first-order valence-corrected chi connectivity index (χ1v) is 6.76. The molecule has 6 heteroatoms. The van der Waals surface area contributed by atoms with Gasteiger partial charge in [0.25, 0.3) is 0 Å². The van der Waals surface area contributed by atoms with Crippen LogP contribution in [0.2, 0.25) is 0 Å². The Morgan fingerprint density at radius 1 is 1.33 bits per heavy atom. The van der Waals surface area contributed by atoms with Gasteiger partial charge in [-0.3, -0.25) is 4.90 Å². The topological polar surface area (TPSA) is 78.9 Å². The molecule has 0 heterocycles. The number of nitrogens with one attached hydrogen (secondary N) is 1. The van der Waals surface area contributed by atoms with Crippen LogP contribution in [0.1, 0.15) is 20.3 Å². The number of methoxy groups -OCH3 is 1. The van der Waals surface area contributed by atoms with Crippen molar-refractivity contribution in [3.8, 4) is 5.75 Å². The van der Waals surface area contributed by atoms with Crippen LogP contribution in [0.15, 0.2) is 24.3 Å². The summed E-state index contributed by atoms with van der Waals surface area (Å²) in [4.78, 5) is 24.7. The number of rotatable bonds is 6. The number of para-hydroxylation sites is 2. The molecule has 0 saturated heterocycles. The van der Waals surface area contributed by atoms with E-state index in [0.29, 0.717) is 17.9 Å². The normalized spacial score (nSPS) is 11.9. The third-order valence-electron chi connectivity index (χ3n) is 3.05. The number of ether oxygens (including phenoxy) is 1. The molecular weight excluding hydrogens is 272 g/mol. The van der Waals surface area contributed by atoms with Crippen LogP contribution in [-0.4, -0.2) is 37.3 Å². The van der Waals surface area contributed by atoms with Crippen LogP contribution in [0, 0.1) is 5.92 Å². The van der Waals surface area contributed by atoms with Crippen LogP contribution in [0.3, 0.4) is 0 Å². The maximum absolute atomic E-state index is 12.2. The van der Waals surface area contributed by atoms with Crippen molar-refractivity contribution in [1.29, 1.82) is 0 Å². The van der Waals surface area contributed by atoms with Gasteiger partial charge in [-0.05, 0) is 24.5 Å². The Balaban J connectivity index is 2.84. The van der Waals surface area contributed by atoms with Crippen LogP contribution in [0.5, 0.6) is 5.75 Å². The first-order chi connectivity index (χ1) is 9.86. The van der Waals surface area contributed by atoms with Crippen molar-refractivity contribution >= 4 is 17.7 Å². The molecule has 1 aromatic carbocycles. The van der Waals surface area contributed by atoms with E-state index >= 15 is 0 Å². The van der Waals surface area contributed by atoms with Crippen molar-refractivity contribution in [1.82, 2.24) is 5.32 Å². The van der Waals surface area contributed by atoms with Crippen LogP contribution in [0.4, 0.5) is 10.5 Å². The third kappa shape index (κ3) is 4.66. The van der Waals surface area contributed by atoms with E-state index < -0.39 is 18.0 Å². The third-order valence-corrected chi connectivity index (χ3v) is 3.05. The molecule has 0 aliphatic heterocycles. The Hall–Kier alpha value is -2.24. The summed E-state index contributed by atoms with van der Waals surface area (Å²) in [5, 5.41) is 11.7. The number of carbonyl (C=O) groups is 2. The number of carboxylic acid groups (broad SMARTS) is 1. The molecule has 1 aromatic rings. The molecule has 0 fully saturated rings. The molecule has 116 valence electrons. The molecule has 21 heavy (non-hydrogen) atoms. The van der Waals surface area contributed by atoms with E-state index in [9.17, 15) is 9.59 Å². The Morgan fingerprint density at radius 2 is 1.95 bits per heavy atom. The average molecular weight is 294 g/mol. The monoisotopic (exact) mass is 294 g/mol. The number of nitrogens with zero attached hydrogens (tertiary/aromatic N) is 1. The quantitative estimate of drug-likeness (QED) is 0.844. The molecule has 1 rings (SSSR count). The van der Waals surface area contributed by atoms with Gasteiger partial charge < -0.3 is 15.2 Å². The molecule has 2 amide bonds. The van der Waals surface area contributed by atoms with Gasteiger partial charge in [-0.15, -0.1) is 0 Å². The summed E-state index contributed by atoms with van der Waals surface area (Å²) in [6.45, 7) is 3.82. The fourth-order valence-corrected chi connectivity index (χ4v) is 1.96. The maximum Gasteiger partial charge on any atom is 0.326 e. The summed E-state index contributed by atoms with van der Waals surface area (Å²) in [6.07, 6.45) is 0.376. The molecule has 0 aromatic heterocycles. The number of urea groups is 1. The van der Waals surface area contributed by atoms with Crippen molar-refractivity contribution < 1.29 is 19.4 Å². The Morgan fingerprint density at radius 3 is 2.48 bits per heavy atom. The highest BCUT2D eigenvalue weighted by Crippen LogP contribution is 2.26. The van der Waals surface area contributed by atoms with Gasteiger partial charge in [-0.1, -0.05) is 26.0 Å². The average Bonchev–Trinajstić information content (AvgIpc) is 2.45. The zero-order valence-corrected chi connectivity index (χ0v) is 12.8. The minimum Gasteiger partial charge on any atom is -0.495 e. The van der Waals surface area contributed by atoms with Gasteiger partial charge in [0.05, 0.1) is 12.8 Å². The van der Waals surface area contributed by atoms with E-state index in [0.717, 1.165) is 0 Å². The number of aliphatic carboxylic acids is 1. The van der Waals surface area contributed by atoms with Crippen LogP contribution >= 0.6 is 0 Å². The number of carboxylic acids is 1. The van der Waals surface area contributed by atoms with Gasteiger partial charge in [0.1, 0.15) is 11.8 Å². The highest BCUT2D eigenvalue weighted by molar-refractivity contribution is 5.95. The van der Waals surface area contributed by atoms with Gasteiger partial charge in [0.15, 0.2) is 0 Å². The highest BCUT2D eigenvalue weighted by Gasteiger charge is 2.24. The smallest absolute Gasteiger partial charge is 0.326 e. The highest BCUT2D eigenvalue weighted by atomic mass is 16.5. The second-order valence-electron chi connectivity index (χ2n) is 5.20. The summed E-state index contributed by atoms with van der Waals surface area (Å²) < 4.78 is 5.20. The van der Waals surface area contributed by atoms with Crippen molar-refractivity contribution in [2.75, 3.05) is 19.1 Å². The lowest BCUT2D eigenvalue weighted by atomic mass is 10.0. The number of amides is 2. The first-order valence-electron chi connectivity index (χ1n) is 6.76. The number of carbonyl (C=O) groups excluding carboxylic acids is 1. The summed E-state index contributed by atoms with van der Waals surface area (Å²) in [7, 11) is 3.09. The maximum atomic E-state index is 12.2. The minimum atomic E-state index is -1.04. The summed E-state index contributed by atoms with van der Waals surface area (Å²) in [6, 6.07) is 5.66. The summed E-state index contributed by atoms with van der Waals surface area (Å²) in [5.41, 5.74) is 0.575. The fourth-order valence-electron chi connectivity index (χ4n) is 1.96. The number of benzene rings is 1. The van der Waals surface area contributed by atoms with Gasteiger partial charge in [-0.2, -0.15) is 0 Å². The molecule has 1 atom stereocenters. The van der Waals surface area contributed by atoms with Gasteiger partial charge in [0.2, 0.25) is 0 Å². The lowest BCUT2D eigenvalue weighted by Crippen LogP contribution is -2.47. The van der Waals surface area contributed by atoms with E-state index in [1.807, 2.05) is 13.8 Å². The predicted octanol–water partition coefficient (Wildman–Crippen LogP) is 2.34. The molecule has 0 bridgehead atoms. The molecule has 0 spiro atoms. The van der Waals surface area contributed by atoms with Crippen molar-refractivity contribution in [3.05, 3.63) is 24.3 Å². The molecule has 0 unspecified atom stereocenters. The van der Waals surface area contributed by atoms with Gasteiger partial charge >= 0.3 is 12.0 Å². The second kappa shape index (κ2) is 7.52. The van der Waals surface area contributed by atoms with Crippen molar-refractivity contribution in [2.24, 2.45) is 5.92 Å². The lowest BCUT2D eigenvalue weighted by molar-refractivity contribution is -0.139. The molecule has 0 aliphatic carbocycles. The van der Waals surface area contributed by atoms with E-state index in [2.05, 4.69) is 5.32 Å². The lowest BCUT2D eigenvalue weighted by Gasteiger charge is -2.23. The Kier molecular flexibility index (Phi) is 6.02. The standard InChI is InChI=1S/C15H22N2O4/c1-10(2)9-11(14(18)19)16-15(20)17(3)12-7-5-6-8-13(12)21-4/h5-8,10-11H,9H2,1-4H3,(H,16,20)(H,18,19)/t11-/m1/s1. The molecule has 0 saturated carbocycles. The SMILES string of the molecule is COc1ccccc1N(C)C(=O)N[C@H](CC(C)C)C(=O)O. The van der Waals surface area contributed by atoms with E-state index in [4.69, 9.17) is 9.84 Å². The molecule has 0 radical (unpaired) electrons. The Bertz CT molecular complexity index is 502. The zero-order chi connectivity index (χ0) is 16.0. The van der Waals surface area contributed by atoms with E-state index in [1.54, 1.807) is 31.3 Å². The first kappa shape index (κ1) is 16.8. The van der Waals surface area contributed by atoms with E-state index in [1.165, 1.54) is 12.0 Å². The van der Waals surface area contributed by atoms with Crippen LogP contribution in [-0.2, 0) is 4.79 Å². The van der Waals surface area contributed by atoms with Crippen molar-refractivity contribution in [2.45, 2.75) is 26.3 Å². The molecule has 0 aliphatic rings. The van der Waals surface area contributed by atoms with E-state index in [-0.39, 0.29) is 5.92 Å². The predicted molar refractivity (Wildman–Crippen MR) is 80.8 cm³/mol. The number of hydrogen-bond donors (Lipinski definition) is 2. The number of anilines is 1. The Labute approximate surface area is 124 Å².